The minimum Gasteiger partial charge on any atom is -0.365 e. The van der Waals surface area contributed by atoms with Gasteiger partial charge in [-0.3, -0.25) is 0 Å². The molecule has 0 amide bonds. The minimum atomic E-state index is -0.653. The van der Waals surface area contributed by atoms with Crippen molar-refractivity contribution >= 4 is 5.82 Å². The van der Waals surface area contributed by atoms with E-state index in [-0.39, 0.29) is 11.9 Å². The molecule has 17 heavy (non-hydrogen) atoms. The normalized spacial score (nSPS) is 22.2. The zero-order chi connectivity index (χ0) is 12.3. The van der Waals surface area contributed by atoms with E-state index in [2.05, 4.69) is 15.6 Å². The van der Waals surface area contributed by atoms with Crippen molar-refractivity contribution in [2.45, 2.75) is 25.8 Å². The highest BCUT2D eigenvalue weighted by Crippen LogP contribution is 2.19. The molecule has 0 aliphatic carbocycles. The molecule has 1 aromatic heterocycles. The highest BCUT2D eigenvalue weighted by atomic mass is 19.1. The maximum Gasteiger partial charge on any atom is 0.168 e. The first-order valence-corrected chi connectivity index (χ1v) is 5.95. The number of pyridine rings is 1. The van der Waals surface area contributed by atoms with Gasteiger partial charge in [0.25, 0.3) is 0 Å². The Balaban J connectivity index is 1.99. The van der Waals surface area contributed by atoms with Gasteiger partial charge in [0.15, 0.2) is 11.6 Å². The van der Waals surface area contributed by atoms with Crippen LogP contribution in [0.4, 0.5) is 14.6 Å². The maximum atomic E-state index is 13.4. The van der Waals surface area contributed by atoms with E-state index < -0.39 is 11.6 Å². The van der Waals surface area contributed by atoms with Gasteiger partial charge < -0.3 is 10.6 Å². The zero-order valence-electron chi connectivity index (χ0n) is 9.84. The Labute approximate surface area is 99.6 Å². The summed E-state index contributed by atoms with van der Waals surface area (Å²) in [5.74, 6) is -0.708. The quantitative estimate of drug-likeness (QED) is 0.851. The van der Waals surface area contributed by atoms with Crippen molar-refractivity contribution < 1.29 is 8.78 Å². The average Bonchev–Trinajstić information content (AvgIpc) is 2.34. The van der Waals surface area contributed by atoms with Crippen LogP contribution in [0.1, 0.15) is 19.8 Å². The van der Waals surface area contributed by atoms with Crippen LogP contribution in [0.3, 0.4) is 0 Å². The highest BCUT2D eigenvalue weighted by molar-refractivity contribution is 5.37. The fourth-order valence-corrected chi connectivity index (χ4v) is 2.16. The lowest BCUT2D eigenvalue weighted by Gasteiger charge is -2.29. The van der Waals surface area contributed by atoms with Gasteiger partial charge in [0, 0.05) is 12.1 Å². The average molecular weight is 241 g/mol. The summed E-state index contributed by atoms with van der Waals surface area (Å²) in [6, 6.07) is 0.969. The summed E-state index contributed by atoms with van der Waals surface area (Å²) in [4.78, 5) is 3.73. The molecule has 0 spiro atoms. The number of hydrogen-bond acceptors (Lipinski definition) is 3. The molecule has 1 fully saturated rings. The predicted molar refractivity (Wildman–Crippen MR) is 62.8 cm³/mol. The number of halogens is 2. The van der Waals surface area contributed by atoms with E-state index in [9.17, 15) is 8.78 Å². The van der Waals surface area contributed by atoms with E-state index in [4.69, 9.17) is 0 Å². The Hall–Kier alpha value is -1.23. The Morgan fingerprint density at radius 3 is 3.00 bits per heavy atom. The number of nitrogens with one attached hydrogen (secondary N) is 2. The molecule has 2 atom stereocenters. The van der Waals surface area contributed by atoms with Gasteiger partial charge in [0.1, 0.15) is 5.82 Å². The summed E-state index contributed by atoms with van der Waals surface area (Å²) in [5.41, 5.74) is 0. The van der Waals surface area contributed by atoms with Crippen LogP contribution in [0.15, 0.2) is 12.3 Å². The number of nitrogens with zero attached hydrogens (tertiary/aromatic N) is 1. The van der Waals surface area contributed by atoms with Gasteiger partial charge >= 0.3 is 0 Å². The monoisotopic (exact) mass is 241 g/mol. The van der Waals surface area contributed by atoms with Gasteiger partial charge in [-0.25, -0.2) is 13.8 Å². The van der Waals surface area contributed by atoms with E-state index in [1.54, 1.807) is 0 Å². The first kappa shape index (κ1) is 12.2. The van der Waals surface area contributed by atoms with Gasteiger partial charge in [-0.2, -0.15) is 0 Å². The third-order valence-corrected chi connectivity index (χ3v) is 3.21. The maximum absolute atomic E-state index is 13.4. The standard InChI is InChI=1S/C12H17F2N3/c1-8(9-3-2-4-15-6-9)17-12-11(14)5-10(13)7-16-12/h5,7-9,15H,2-4,6H2,1H3,(H,16,17). The molecule has 94 valence electrons. The SMILES string of the molecule is CC(Nc1ncc(F)cc1F)C1CCCNC1. The van der Waals surface area contributed by atoms with Crippen LogP contribution >= 0.6 is 0 Å². The lowest BCUT2D eigenvalue weighted by Crippen LogP contribution is -2.39. The van der Waals surface area contributed by atoms with Gasteiger partial charge in [-0.05, 0) is 38.8 Å². The molecule has 1 aliphatic rings. The van der Waals surface area contributed by atoms with Crippen molar-refractivity contribution in [1.29, 1.82) is 0 Å². The first-order chi connectivity index (χ1) is 8.16. The smallest absolute Gasteiger partial charge is 0.168 e. The molecule has 0 saturated carbocycles. The Bertz CT molecular complexity index is 378. The second-order valence-corrected chi connectivity index (χ2v) is 4.52. The largest absolute Gasteiger partial charge is 0.365 e. The van der Waals surface area contributed by atoms with Gasteiger partial charge in [0.2, 0.25) is 0 Å². The van der Waals surface area contributed by atoms with Crippen LogP contribution in [-0.2, 0) is 0 Å². The highest BCUT2D eigenvalue weighted by Gasteiger charge is 2.20. The third kappa shape index (κ3) is 3.12. The molecule has 0 aromatic carbocycles. The van der Waals surface area contributed by atoms with Crippen LogP contribution in [0.5, 0.6) is 0 Å². The Morgan fingerprint density at radius 2 is 2.35 bits per heavy atom. The second-order valence-electron chi connectivity index (χ2n) is 4.52. The van der Waals surface area contributed by atoms with Crippen LogP contribution < -0.4 is 10.6 Å². The molecule has 3 nitrogen and oxygen atoms in total. The van der Waals surface area contributed by atoms with E-state index in [0.29, 0.717) is 5.92 Å². The van der Waals surface area contributed by atoms with Gasteiger partial charge in [-0.1, -0.05) is 0 Å². The summed E-state index contributed by atoms with van der Waals surface area (Å²) in [7, 11) is 0. The van der Waals surface area contributed by atoms with Crippen LogP contribution in [0, 0.1) is 17.6 Å². The summed E-state index contributed by atoms with van der Waals surface area (Å²) in [5, 5.41) is 6.33. The summed E-state index contributed by atoms with van der Waals surface area (Å²) < 4.78 is 26.1. The van der Waals surface area contributed by atoms with Gasteiger partial charge in [-0.15, -0.1) is 0 Å². The van der Waals surface area contributed by atoms with E-state index in [1.807, 2.05) is 6.92 Å². The van der Waals surface area contributed by atoms with E-state index in [0.717, 1.165) is 38.2 Å². The van der Waals surface area contributed by atoms with Crippen molar-refractivity contribution in [1.82, 2.24) is 10.3 Å². The van der Waals surface area contributed by atoms with E-state index in [1.165, 1.54) is 0 Å². The molecular formula is C12H17F2N3. The molecular weight excluding hydrogens is 224 g/mol. The first-order valence-electron chi connectivity index (χ1n) is 5.95. The fourth-order valence-electron chi connectivity index (χ4n) is 2.16. The number of rotatable bonds is 3. The Morgan fingerprint density at radius 1 is 1.53 bits per heavy atom. The zero-order valence-corrected chi connectivity index (χ0v) is 9.84. The lowest BCUT2D eigenvalue weighted by molar-refractivity contribution is 0.346. The number of hydrogen-bond donors (Lipinski definition) is 2. The molecule has 2 heterocycles. The fraction of sp³-hybridized carbons (Fsp3) is 0.583. The van der Waals surface area contributed by atoms with Crippen molar-refractivity contribution in [3.63, 3.8) is 0 Å². The van der Waals surface area contributed by atoms with Crippen LogP contribution in [0.25, 0.3) is 0 Å². The molecule has 1 saturated heterocycles. The predicted octanol–water partition coefficient (Wildman–Crippen LogP) is 2.16. The molecule has 1 aromatic rings. The summed E-state index contributed by atoms with van der Waals surface area (Å²) >= 11 is 0. The summed E-state index contributed by atoms with van der Waals surface area (Å²) in [6.45, 7) is 3.98. The molecule has 2 unspecified atom stereocenters. The number of piperidine rings is 1. The minimum absolute atomic E-state index is 0.121. The molecule has 1 aliphatic heterocycles. The van der Waals surface area contributed by atoms with Crippen molar-refractivity contribution in [3.05, 3.63) is 23.9 Å². The summed E-state index contributed by atoms with van der Waals surface area (Å²) in [6.07, 6.45) is 3.28. The van der Waals surface area contributed by atoms with E-state index >= 15 is 0 Å². The van der Waals surface area contributed by atoms with Crippen molar-refractivity contribution in [3.8, 4) is 0 Å². The Kier molecular flexibility index (Phi) is 3.89. The van der Waals surface area contributed by atoms with Crippen molar-refractivity contribution in [2.75, 3.05) is 18.4 Å². The molecule has 0 bridgehead atoms. The molecule has 5 heteroatoms. The van der Waals surface area contributed by atoms with Crippen LogP contribution in [0.2, 0.25) is 0 Å². The van der Waals surface area contributed by atoms with Crippen LogP contribution in [-0.4, -0.2) is 24.1 Å². The topological polar surface area (TPSA) is 37.0 Å². The molecule has 2 N–H and O–H groups in total. The van der Waals surface area contributed by atoms with Gasteiger partial charge in [0.05, 0.1) is 6.20 Å². The second kappa shape index (κ2) is 5.40. The number of aromatic nitrogens is 1. The molecule has 0 radical (unpaired) electrons. The molecule has 2 rings (SSSR count). The lowest BCUT2D eigenvalue weighted by atomic mass is 9.93. The number of anilines is 1. The third-order valence-electron chi connectivity index (χ3n) is 3.21. The van der Waals surface area contributed by atoms with Crippen molar-refractivity contribution in [2.24, 2.45) is 5.92 Å².